The molecule has 1 saturated heterocycles. The standard InChI is InChI=1S/C8H16O5Si/c1-10-14(9)13-5-3-2-4-11-6-8-7-12-8/h8H,2-7H2,1H3. The van der Waals surface area contributed by atoms with Gasteiger partial charge in [0, 0.05) is 6.61 Å². The van der Waals surface area contributed by atoms with Gasteiger partial charge in [0.25, 0.3) is 0 Å². The highest BCUT2D eigenvalue weighted by molar-refractivity contribution is 6.25. The molecular formula is C8H16O5Si. The van der Waals surface area contributed by atoms with Crippen molar-refractivity contribution in [1.82, 2.24) is 0 Å². The molecule has 0 aromatic carbocycles. The molecule has 1 heterocycles. The number of hydrogen-bond donors (Lipinski definition) is 0. The van der Waals surface area contributed by atoms with Crippen LogP contribution in [0.5, 0.6) is 0 Å². The first kappa shape index (κ1) is 11.6. The maximum absolute atomic E-state index is 10.7. The summed E-state index contributed by atoms with van der Waals surface area (Å²) < 4.78 is 30.3. The van der Waals surface area contributed by atoms with E-state index in [1.165, 1.54) is 7.11 Å². The van der Waals surface area contributed by atoms with Crippen molar-refractivity contribution in [2.24, 2.45) is 0 Å². The summed E-state index contributed by atoms with van der Waals surface area (Å²) >= 11 is 0. The Hall–Kier alpha value is -0.463. The van der Waals surface area contributed by atoms with Crippen LogP contribution in [0.3, 0.4) is 0 Å². The molecule has 0 amide bonds. The number of ether oxygens (including phenoxy) is 2. The van der Waals surface area contributed by atoms with Crippen LogP contribution in [0.25, 0.3) is 0 Å². The van der Waals surface area contributed by atoms with Gasteiger partial charge >= 0.3 is 9.17 Å². The van der Waals surface area contributed by atoms with Gasteiger partial charge in [-0.1, -0.05) is 0 Å². The van der Waals surface area contributed by atoms with Crippen molar-refractivity contribution in [3.8, 4) is 0 Å². The van der Waals surface area contributed by atoms with Gasteiger partial charge in [-0.25, -0.2) is 0 Å². The fourth-order valence-electron chi connectivity index (χ4n) is 0.900. The van der Waals surface area contributed by atoms with Crippen molar-refractivity contribution in [3.05, 3.63) is 0 Å². The first-order valence-corrected chi connectivity index (χ1v) is 5.95. The Bertz CT molecular complexity index is 171. The van der Waals surface area contributed by atoms with Crippen molar-refractivity contribution < 1.29 is 22.8 Å². The predicted octanol–water partition coefficient (Wildman–Crippen LogP) is 0.260. The first-order valence-electron chi connectivity index (χ1n) is 4.73. The SMILES string of the molecule is CO[Si](=O)OCCCCOCC1CO1. The monoisotopic (exact) mass is 220 g/mol. The summed E-state index contributed by atoms with van der Waals surface area (Å²) in [5.74, 6) is 0. The fraction of sp³-hybridized carbons (Fsp3) is 1.00. The van der Waals surface area contributed by atoms with Crippen LogP contribution in [-0.2, 0) is 22.8 Å². The molecule has 0 aliphatic carbocycles. The van der Waals surface area contributed by atoms with E-state index in [0.717, 1.165) is 19.4 Å². The number of hydrogen-bond acceptors (Lipinski definition) is 5. The third kappa shape index (κ3) is 6.06. The lowest BCUT2D eigenvalue weighted by Gasteiger charge is -2.03. The Morgan fingerprint density at radius 1 is 1.43 bits per heavy atom. The van der Waals surface area contributed by atoms with Gasteiger partial charge in [0.2, 0.25) is 0 Å². The Morgan fingerprint density at radius 3 is 2.79 bits per heavy atom. The minimum atomic E-state index is -2.24. The van der Waals surface area contributed by atoms with E-state index in [1.807, 2.05) is 0 Å². The van der Waals surface area contributed by atoms with Gasteiger partial charge in [0.15, 0.2) is 0 Å². The lowest BCUT2D eigenvalue weighted by molar-refractivity contribution is 0.108. The van der Waals surface area contributed by atoms with E-state index in [-0.39, 0.29) is 0 Å². The molecule has 0 radical (unpaired) electrons. The highest BCUT2D eigenvalue weighted by Crippen LogP contribution is 2.08. The molecule has 5 nitrogen and oxygen atoms in total. The number of unbranched alkanes of at least 4 members (excludes halogenated alkanes) is 1. The van der Waals surface area contributed by atoms with E-state index in [2.05, 4.69) is 4.43 Å². The molecule has 1 rings (SSSR count). The van der Waals surface area contributed by atoms with Crippen molar-refractivity contribution in [3.63, 3.8) is 0 Å². The second-order valence-electron chi connectivity index (χ2n) is 3.04. The molecule has 0 aromatic heterocycles. The maximum atomic E-state index is 10.7. The molecular weight excluding hydrogens is 204 g/mol. The number of epoxide rings is 1. The van der Waals surface area contributed by atoms with Gasteiger partial charge in [-0.2, -0.15) is 0 Å². The van der Waals surface area contributed by atoms with Crippen molar-refractivity contribution in [2.45, 2.75) is 18.9 Å². The third-order valence-corrected chi connectivity index (χ3v) is 2.55. The Labute approximate surface area is 85.2 Å². The molecule has 0 N–H and O–H groups in total. The second kappa shape index (κ2) is 6.91. The molecule has 0 bridgehead atoms. The van der Waals surface area contributed by atoms with Crippen molar-refractivity contribution in [2.75, 3.05) is 33.5 Å². The van der Waals surface area contributed by atoms with Crippen LogP contribution >= 0.6 is 0 Å². The van der Waals surface area contributed by atoms with Gasteiger partial charge in [-0.3, -0.25) is 4.46 Å². The third-order valence-electron chi connectivity index (χ3n) is 1.78. The average molecular weight is 220 g/mol. The van der Waals surface area contributed by atoms with Crippen LogP contribution in [0.2, 0.25) is 0 Å². The van der Waals surface area contributed by atoms with Crippen molar-refractivity contribution >= 4 is 9.17 Å². The minimum absolute atomic E-state index is 0.330. The van der Waals surface area contributed by atoms with E-state index in [0.29, 0.717) is 25.9 Å². The summed E-state index contributed by atoms with van der Waals surface area (Å²) in [6, 6.07) is 0. The molecule has 1 atom stereocenters. The van der Waals surface area contributed by atoms with Gasteiger partial charge in [-0.05, 0) is 12.8 Å². The van der Waals surface area contributed by atoms with Crippen LogP contribution in [0.1, 0.15) is 12.8 Å². The zero-order chi connectivity index (χ0) is 10.2. The topological polar surface area (TPSA) is 57.3 Å². The lowest BCUT2D eigenvalue weighted by atomic mass is 10.3. The fourth-order valence-corrected chi connectivity index (χ4v) is 1.33. The van der Waals surface area contributed by atoms with Gasteiger partial charge in [0.1, 0.15) is 6.10 Å². The second-order valence-corrected chi connectivity index (χ2v) is 4.24. The predicted molar refractivity (Wildman–Crippen MR) is 49.2 cm³/mol. The molecule has 14 heavy (non-hydrogen) atoms. The summed E-state index contributed by atoms with van der Waals surface area (Å²) in [6.45, 7) is 2.69. The van der Waals surface area contributed by atoms with E-state index in [1.54, 1.807) is 0 Å². The quantitative estimate of drug-likeness (QED) is 0.317. The molecule has 0 spiro atoms. The van der Waals surface area contributed by atoms with Crippen molar-refractivity contribution in [1.29, 1.82) is 0 Å². The Kier molecular flexibility index (Phi) is 5.73. The van der Waals surface area contributed by atoms with E-state index in [9.17, 15) is 4.46 Å². The maximum Gasteiger partial charge on any atom is 0.767 e. The molecule has 1 aliphatic rings. The molecule has 1 aliphatic heterocycles. The summed E-state index contributed by atoms with van der Waals surface area (Å²) in [7, 11) is -0.861. The zero-order valence-corrected chi connectivity index (χ0v) is 9.36. The van der Waals surface area contributed by atoms with Crippen LogP contribution in [-0.4, -0.2) is 48.8 Å². The summed E-state index contributed by atoms with van der Waals surface area (Å²) in [5.41, 5.74) is 0. The molecule has 1 unspecified atom stereocenters. The van der Waals surface area contributed by atoms with E-state index >= 15 is 0 Å². The molecule has 0 saturated carbocycles. The summed E-state index contributed by atoms with van der Waals surface area (Å²) in [6.07, 6.45) is 2.08. The molecule has 1 fully saturated rings. The normalized spacial score (nSPS) is 19.1. The minimum Gasteiger partial charge on any atom is -0.499 e. The average Bonchev–Trinajstić information content (AvgIpc) is 2.99. The highest BCUT2D eigenvalue weighted by Gasteiger charge is 2.21. The lowest BCUT2D eigenvalue weighted by Crippen LogP contribution is -2.11. The van der Waals surface area contributed by atoms with Crippen LogP contribution < -0.4 is 0 Å². The summed E-state index contributed by atoms with van der Waals surface area (Å²) in [5, 5.41) is 0. The van der Waals surface area contributed by atoms with Gasteiger partial charge in [-0.15, -0.1) is 0 Å². The smallest absolute Gasteiger partial charge is 0.499 e. The molecule has 0 aromatic rings. The van der Waals surface area contributed by atoms with Gasteiger partial charge < -0.3 is 18.3 Å². The largest absolute Gasteiger partial charge is 0.767 e. The first-order chi connectivity index (χ1) is 6.83. The van der Waals surface area contributed by atoms with Gasteiger partial charge in [0.05, 0.1) is 26.9 Å². The molecule has 6 heteroatoms. The van der Waals surface area contributed by atoms with Crippen LogP contribution in [0.4, 0.5) is 0 Å². The summed E-state index contributed by atoms with van der Waals surface area (Å²) in [4.78, 5) is 0. The molecule has 82 valence electrons. The Morgan fingerprint density at radius 2 is 2.14 bits per heavy atom. The zero-order valence-electron chi connectivity index (χ0n) is 8.36. The van der Waals surface area contributed by atoms with E-state index < -0.39 is 9.17 Å². The highest BCUT2D eigenvalue weighted by atomic mass is 28.3. The van der Waals surface area contributed by atoms with Crippen LogP contribution in [0, 0.1) is 0 Å². The van der Waals surface area contributed by atoms with Crippen LogP contribution in [0.15, 0.2) is 0 Å². The number of rotatable bonds is 9. The Balaban J connectivity index is 1.72. The van der Waals surface area contributed by atoms with E-state index in [4.69, 9.17) is 13.9 Å².